The van der Waals surface area contributed by atoms with Crippen molar-refractivity contribution in [1.82, 2.24) is 4.98 Å². The molecule has 0 spiro atoms. The van der Waals surface area contributed by atoms with Gasteiger partial charge < -0.3 is 10.1 Å². The molecule has 0 unspecified atom stereocenters. The summed E-state index contributed by atoms with van der Waals surface area (Å²) < 4.78 is 40.0. The minimum atomic E-state index is -4.08. The number of aryl methyl sites for hydroxylation is 2. The Labute approximate surface area is 120 Å². The number of H-pyrrole nitrogens is 1. The standard InChI is InChI=1S/C13H13FN2O4S/c1-7-3-4-9(14)5-11(7)21(19,20)16-10-6-15-8(2)12(10)13(17)18/h3-6,15-16H,1-2H3,(H,17,18). The maximum Gasteiger partial charge on any atom is 0.339 e. The zero-order valence-corrected chi connectivity index (χ0v) is 12.1. The fourth-order valence-corrected chi connectivity index (χ4v) is 3.27. The van der Waals surface area contributed by atoms with Gasteiger partial charge in [0, 0.05) is 11.9 Å². The first-order valence-corrected chi connectivity index (χ1v) is 7.41. The highest BCUT2D eigenvalue weighted by Gasteiger charge is 2.23. The zero-order chi connectivity index (χ0) is 15.8. The van der Waals surface area contributed by atoms with E-state index in [1.807, 2.05) is 0 Å². The fraction of sp³-hybridized carbons (Fsp3) is 0.154. The number of carboxylic acid groups (broad SMARTS) is 1. The van der Waals surface area contributed by atoms with E-state index in [9.17, 15) is 17.6 Å². The van der Waals surface area contributed by atoms with Crippen molar-refractivity contribution in [3.8, 4) is 0 Å². The van der Waals surface area contributed by atoms with Gasteiger partial charge in [-0.15, -0.1) is 0 Å². The Hall–Kier alpha value is -2.35. The molecule has 3 N–H and O–H groups in total. The van der Waals surface area contributed by atoms with Crippen LogP contribution in [0.4, 0.5) is 10.1 Å². The topological polar surface area (TPSA) is 99.3 Å². The van der Waals surface area contributed by atoms with Crippen molar-refractivity contribution in [2.24, 2.45) is 0 Å². The molecule has 0 fully saturated rings. The highest BCUT2D eigenvalue weighted by atomic mass is 32.2. The van der Waals surface area contributed by atoms with Crippen molar-refractivity contribution >= 4 is 21.7 Å². The number of sulfonamides is 1. The van der Waals surface area contributed by atoms with Gasteiger partial charge in [0.05, 0.1) is 10.6 Å². The van der Waals surface area contributed by atoms with Crippen molar-refractivity contribution < 1.29 is 22.7 Å². The lowest BCUT2D eigenvalue weighted by Crippen LogP contribution is -2.16. The Morgan fingerprint density at radius 2 is 2.00 bits per heavy atom. The minimum Gasteiger partial charge on any atom is -0.478 e. The van der Waals surface area contributed by atoms with Gasteiger partial charge in [-0.1, -0.05) is 6.07 Å². The normalized spacial score (nSPS) is 11.4. The molecule has 0 aliphatic carbocycles. The number of aromatic nitrogens is 1. The number of carbonyl (C=O) groups is 1. The van der Waals surface area contributed by atoms with Crippen molar-refractivity contribution in [3.05, 3.63) is 47.0 Å². The molecule has 6 nitrogen and oxygen atoms in total. The third kappa shape index (κ3) is 2.89. The van der Waals surface area contributed by atoms with Gasteiger partial charge >= 0.3 is 5.97 Å². The summed E-state index contributed by atoms with van der Waals surface area (Å²) in [5.41, 5.74) is 0.403. The largest absolute Gasteiger partial charge is 0.478 e. The average Bonchev–Trinajstić information content (AvgIpc) is 2.72. The second-order valence-corrected chi connectivity index (χ2v) is 6.17. The van der Waals surface area contributed by atoms with Crippen molar-refractivity contribution in [1.29, 1.82) is 0 Å². The number of benzene rings is 1. The number of aromatic carboxylic acids is 1. The van der Waals surface area contributed by atoms with Crippen LogP contribution in [0.25, 0.3) is 0 Å². The number of hydrogen-bond donors (Lipinski definition) is 3. The third-order valence-electron chi connectivity index (χ3n) is 2.98. The van der Waals surface area contributed by atoms with Crippen LogP contribution in [0.1, 0.15) is 21.6 Å². The SMILES string of the molecule is Cc1ccc(F)cc1S(=O)(=O)Nc1c[nH]c(C)c1C(=O)O. The predicted octanol–water partition coefficient (Wildman–Crippen LogP) is 2.27. The van der Waals surface area contributed by atoms with Gasteiger partial charge in [0.2, 0.25) is 0 Å². The van der Waals surface area contributed by atoms with Crippen molar-refractivity contribution in [2.45, 2.75) is 18.7 Å². The van der Waals surface area contributed by atoms with Crippen LogP contribution in [-0.4, -0.2) is 24.5 Å². The highest BCUT2D eigenvalue weighted by molar-refractivity contribution is 7.92. The Balaban J connectivity index is 2.48. The molecule has 1 aromatic carbocycles. The van der Waals surface area contributed by atoms with Crippen LogP contribution in [-0.2, 0) is 10.0 Å². The number of hydrogen-bond acceptors (Lipinski definition) is 3. The molecule has 0 bridgehead atoms. The summed E-state index contributed by atoms with van der Waals surface area (Å²) >= 11 is 0. The van der Waals surface area contributed by atoms with Gasteiger partial charge in [-0.2, -0.15) is 0 Å². The summed E-state index contributed by atoms with van der Waals surface area (Å²) in [6, 6.07) is 3.37. The van der Waals surface area contributed by atoms with Crippen LogP contribution >= 0.6 is 0 Å². The van der Waals surface area contributed by atoms with E-state index in [2.05, 4.69) is 9.71 Å². The number of rotatable bonds is 4. The van der Waals surface area contributed by atoms with Gasteiger partial charge in [-0.3, -0.25) is 4.72 Å². The summed E-state index contributed by atoms with van der Waals surface area (Å²) in [4.78, 5) is 13.5. The van der Waals surface area contributed by atoms with Gasteiger partial charge in [0.25, 0.3) is 10.0 Å². The predicted molar refractivity (Wildman–Crippen MR) is 74.4 cm³/mol. The molecule has 1 aromatic heterocycles. The molecule has 2 rings (SSSR count). The molecule has 1 heterocycles. The fourth-order valence-electron chi connectivity index (χ4n) is 1.95. The van der Waals surface area contributed by atoms with Crippen LogP contribution in [0.3, 0.4) is 0 Å². The van der Waals surface area contributed by atoms with Gasteiger partial charge in [-0.05, 0) is 31.5 Å². The second-order valence-electron chi connectivity index (χ2n) is 4.52. The molecule has 8 heteroatoms. The third-order valence-corrected chi connectivity index (χ3v) is 4.48. The molecule has 0 amide bonds. The summed E-state index contributed by atoms with van der Waals surface area (Å²) in [5.74, 6) is -1.95. The molecule has 0 aliphatic heterocycles. The van der Waals surface area contributed by atoms with E-state index < -0.39 is 21.8 Å². The molecular formula is C13H13FN2O4S. The monoisotopic (exact) mass is 312 g/mol. The molecular weight excluding hydrogens is 299 g/mol. The van der Waals surface area contributed by atoms with Crippen LogP contribution < -0.4 is 4.72 Å². The molecule has 0 aliphatic rings. The number of carboxylic acids is 1. The lowest BCUT2D eigenvalue weighted by molar-refractivity contribution is 0.0697. The highest BCUT2D eigenvalue weighted by Crippen LogP contribution is 2.24. The molecule has 0 saturated carbocycles. The first kappa shape index (κ1) is 15.0. The summed E-state index contributed by atoms with van der Waals surface area (Å²) in [6.07, 6.45) is 1.24. The van der Waals surface area contributed by atoms with Gasteiger partial charge in [0.15, 0.2) is 0 Å². The molecule has 0 atom stereocenters. The molecule has 112 valence electrons. The second kappa shape index (κ2) is 5.21. The van der Waals surface area contributed by atoms with Gasteiger partial charge in [0.1, 0.15) is 11.4 Å². The van der Waals surface area contributed by atoms with Crippen LogP contribution in [0, 0.1) is 19.7 Å². The first-order chi connectivity index (χ1) is 9.72. The van der Waals surface area contributed by atoms with E-state index >= 15 is 0 Å². The lowest BCUT2D eigenvalue weighted by Gasteiger charge is -2.10. The Morgan fingerprint density at radius 3 is 2.62 bits per heavy atom. The van der Waals surface area contributed by atoms with E-state index in [1.54, 1.807) is 0 Å². The molecule has 0 saturated heterocycles. The number of nitrogens with one attached hydrogen (secondary N) is 2. The Bertz CT molecular complexity index is 812. The smallest absolute Gasteiger partial charge is 0.339 e. The van der Waals surface area contributed by atoms with E-state index in [1.165, 1.54) is 26.1 Å². The Morgan fingerprint density at radius 1 is 1.33 bits per heavy atom. The Kier molecular flexibility index (Phi) is 3.73. The minimum absolute atomic E-state index is 0.0938. The summed E-state index contributed by atoms with van der Waals surface area (Å²) in [6.45, 7) is 3.03. The molecule has 0 radical (unpaired) electrons. The van der Waals surface area contributed by atoms with Gasteiger partial charge in [-0.25, -0.2) is 17.6 Å². The van der Waals surface area contributed by atoms with Crippen molar-refractivity contribution in [3.63, 3.8) is 0 Å². The maximum atomic E-state index is 13.2. The lowest BCUT2D eigenvalue weighted by atomic mass is 10.2. The van der Waals surface area contributed by atoms with E-state index in [0.717, 1.165) is 12.1 Å². The van der Waals surface area contributed by atoms with Crippen LogP contribution in [0.15, 0.2) is 29.3 Å². The van der Waals surface area contributed by atoms with Crippen LogP contribution in [0.5, 0.6) is 0 Å². The summed E-state index contributed by atoms with van der Waals surface area (Å²) in [7, 11) is -4.08. The summed E-state index contributed by atoms with van der Waals surface area (Å²) in [5, 5.41) is 9.09. The van der Waals surface area contributed by atoms with E-state index in [-0.39, 0.29) is 16.1 Å². The van der Waals surface area contributed by atoms with E-state index in [4.69, 9.17) is 5.11 Å². The number of anilines is 1. The molecule has 21 heavy (non-hydrogen) atoms. The number of aromatic amines is 1. The number of halogens is 1. The van der Waals surface area contributed by atoms with Crippen molar-refractivity contribution in [2.75, 3.05) is 4.72 Å². The maximum absolute atomic E-state index is 13.2. The average molecular weight is 312 g/mol. The van der Waals surface area contributed by atoms with Crippen LogP contribution in [0.2, 0.25) is 0 Å². The zero-order valence-electron chi connectivity index (χ0n) is 11.3. The molecule has 2 aromatic rings. The quantitative estimate of drug-likeness (QED) is 0.806. The van der Waals surface area contributed by atoms with E-state index in [0.29, 0.717) is 11.3 Å². The first-order valence-electron chi connectivity index (χ1n) is 5.92.